The molecule has 0 nitrogen and oxygen atoms in total. The minimum absolute atomic E-state index is 0.485. The van der Waals surface area contributed by atoms with E-state index in [0.29, 0.717) is 5.92 Å². The molecule has 1 heterocycles. The molecule has 3 aromatic carbocycles. The van der Waals surface area contributed by atoms with Crippen molar-refractivity contribution in [3.8, 4) is 11.1 Å². The van der Waals surface area contributed by atoms with Crippen LogP contribution in [0.5, 0.6) is 0 Å². The quantitative estimate of drug-likeness (QED) is 0.339. The van der Waals surface area contributed by atoms with Gasteiger partial charge in [-0.15, -0.1) is 11.3 Å². The molecule has 5 rings (SSSR count). The van der Waals surface area contributed by atoms with Crippen molar-refractivity contribution < 1.29 is 0 Å². The Labute approximate surface area is 164 Å². The molecule has 27 heavy (non-hydrogen) atoms. The van der Waals surface area contributed by atoms with Crippen molar-refractivity contribution in [1.29, 1.82) is 0 Å². The van der Waals surface area contributed by atoms with Crippen LogP contribution in [0.15, 0.2) is 78.9 Å². The van der Waals surface area contributed by atoms with E-state index in [1.807, 2.05) is 11.3 Å². The van der Waals surface area contributed by atoms with E-state index in [-0.39, 0.29) is 0 Å². The molecule has 0 bridgehead atoms. The average molecular weight is 367 g/mol. The van der Waals surface area contributed by atoms with Crippen LogP contribution in [-0.4, -0.2) is 0 Å². The molecule has 1 aromatic heterocycles. The summed E-state index contributed by atoms with van der Waals surface area (Å²) in [6, 6.07) is 26.6. The topological polar surface area (TPSA) is 0 Å². The van der Waals surface area contributed by atoms with Gasteiger partial charge in [0.25, 0.3) is 0 Å². The predicted molar refractivity (Wildman–Crippen MR) is 119 cm³/mol. The second-order valence-corrected chi connectivity index (χ2v) is 8.43. The molecule has 1 aliphatic carbocycles. The molecule has 1 unspecified atom stereocenters. The van der Waals surface area contributed by atoms with Crippen LogP contribution in [0.2, 0.25) is 0 Å². The molecule has 0 fully saturated rings. The van der Waals surface area contributed by atoms with Crippen LogP contribution in [0, 0.1) is 6.92 Å². The third kappa shape index (κ3) is 2.93. The number of thiophene rings is 1. The SMILES string of the molecule is Cc1cccc(-c2cccc3c4c(sc23)C(c2ccccc2)CCC=C4)c1. The first-order valence-corrected chi connectivity index (χ1v) is 10.5. The fourth-order valence-electron chi connectivity index (χ4n) is 4.23. The average Bonchev–Trinajstić information content (AvgIpc) is 2.94. The first kappa shape index (κ1) is 16.5. The van der Waals surface area contributed by atoms with Gasteiger partial charge in [-0.1, -0.05) is 90.5 Å². The second-order valence-electron chi connectivity index (χ2n) is 7.37. The van der Waals surface area contributed by atoms with Crippen molar-refractivity contribution in [2.45, 2.75) is 25.7 Å². The summed E-state index contributed by atoms with van der Waals surface area (Å²) in [6.07, 6.45) is 7.03. The lowest BCUT2D eigenvalue weighted by Crippen LogP contribution is -1.98. The van der Waals surface area contributed by atoms with E-state index in [9.17, 15) is 0 Å². The summed E-state index contributed by atoms with van der Waals surface area (Å²) >= 11 is 1.99. The minimum atomic E-state index is 0.485. The number of allylic oxidation sites excluding steroid dienone is 1. The highest BCUT2D eigenvalue weighted by molar-refractivity contribution is 7.20. The van der Waals surface area contributed by atoms with Gasteiger partial charge in [0.1, 0.15) is 0 Å². The first-order valence-electron chi connectivity index (χ1n) is 9.65. The summed E-state index contributed by atoms with van der Waals surface area (Å²) in [5.41, 5.74) is 6.85. The van der Waals surface area contributed by atoms with E-state index in [0.717, 1.165) is 6.42 Å². The third-order valence-electron chi connectivity index (χ3n) is 5.54. The van der Waals surface area contributed by atoms with Crippen LogP contribution in [-0.2, 0) is 0 Å². The summed E-state index contributed by atoms with van der Waals surface area (Å²) in [5.74, 6) is 0.485. The maximum atomic E-state index is 2.36. The predicted octanol–water partition coefficient (Wildman–Crippen LogP) is 7.82. The van der Waals surface area contributed by atoms with E-state index in [1.165, 1.54) is 49.2 Å². The highest BCUT2D eigenvalue weighted by Crippen LogP contribution is 2.46. The van der Waals surface area contributed by atoms with E-state index >= 15 is 0 Å². The number of aryl methyl sites for hydroxylation is 1. The molecule has 132 valence electrons. The molecule has 0 saturated carbocycles. The molecule has 0 aliphatic heterocycles. The Balaban J connectivity index is 1.75. The van der Waals surface area contributed by atoms with Crippen molar-refractivity contribution in [3.63, 3.8) is 0 Å². The van der Waals surface area contributed by atoms with Crippen LogP contribution < -0.4 is 0 Å². The largest absolute Gasteiger partial charge is 0.138 e. The zero-order valence-corrected chi connectivity index (χ0v) is 16.3. The van der Waals surface area contributed by atoms with Crippen molar-refractivity contribution in [1.82, 2.24) is 0 Å². The number of fused-ring (bicyclic) bond motifs is 3. The fourth-order valence-corrected chi connectivity index (χ4v) is 5.71. The molecular weight excluding hydrogens is 344 g/mol. The molecule has 1 aliphatic rings. The lowest BCUT2D eigenvalue weighted by atomic mass is 9.91. The second kappa shape index (κ2) is 6.83. The molecule has 1 atom stereocenters. The Morgan fingerprint density at radius 3 is 2.59 bits per heavy atom. The van der Waals surface area contributed by atoms with E-state index in [2.05, 4.69) is 91.9 Å². The van der Waals surface area contributed by atoms with Gasteiger partial charge in [0, 0.05) is 20.9 Å². The number of rotatable bonds is 2. The lowest BCUT2D eigenvalue weighted by Gasteiger charge is -2.15. The Kier molecular flexibility index (Phi) is 4.18. The van der Waals surface area contributed by atoms with Crippen LogP contribution >= 0.6 is 11.3 Å². The van der Waals surface area contributed by atoms with Gasteiger partial charge in [-0.05, 0) is 42.0 Å². The van der Waals surface area contributed by atoms with Gasteiger partial charge in [0.2, 0.25) is 0 Å². The number of benzene rings is 3. The zero-order valence-electron chi connectivity index (χ0n) is 15.5. The summed E-state index contributed by atoms with van der Waals surface area (Å²) in [7, 11) is 0. The van der Waals surface area contributed by atoms with Crippen LogP contribution in [0.25, 0.3) is 27.3 Å². The van der Waals surface area contributed by atoms with E-state index < -0.39 is 0 Å². The molecule has 4 aromatic rings. The molecule has 0 N–H and O–H groups in total. The van der Waals surface area contributed by atoms with Gasteiger partial charge in [0.15, 0.2) is 0 Å². The fraction of sp³-hybridized carbons (Fsp3) is 0.154. The van der Waals surface area contributed by atoms with Crippen LogP contribution in [0.4, 0.5) is 0 Å². The van der Waals surface area contributed by atoms with Crippen molar-refractivity contribution in [2.24, 2.45) is 0 Å². The van der Waals surface area contributed by atoms with Gasteiger partial charge < -0.3 is 0 Å². The van der Waals surface area contributed by atoms with Crippen LogP contribution in [0.1, 0.15) is 40.3 Å². The van der Waals surface area contributed by atoms with E-state index in [1.54, 1.807) is 0 Å². The standard InChI is InChI=1S/C26H22S/c1-18-9-7-12-20(17-18)22-15-8-16-24-23-14-6-5-13-21(25(23)27-26(22)24)19-10-3-2-4-11-19/h2-4,6-12,14-17,21H,5,13H2,1H3. The van der Waals surface area contributed by atoms with Crippen LogP contribution in [0.3, 0.4) is 0 Å². The zero-order chi connectivity index (χ0) is 18.2. The molecule has 0 saturated heterocycles. The Morgan fingerprint density at radius 2 is 1.74 bits per heavy atom. The van der Waals surface area contributed by atoms with Gasteiger partial charge in [-0.25, -0.2) is 0 Å². The normalized spacial score (nSPS) is 16.3. The Bertz CT molecular complexity index is 1130. The Morgan fingerprint density at radius 1 is 0.889 bits per heavy atom. The monoisotopic (exact) mass is 366 g/mol. The van der Waals surface area contributed by atoms with Crippen molar-refractivity contribution in [3.05, 3.63) is 100 Å². The molecule has 0 radical (unpaired) electrons. The van der Waals surface area contributed by atoms with Crippen molar-refractivity contribution in [2.75, 3.05) is 0 Å². The lowest BCUT2D eigenvalue weighted by molar-refractivity contribution is 0.746. The number of hydrogen-bond donors (Lipinski definition) is 0. The van der Waals surface area contributed by atoms with Gasteiger partial charge in [0.05, 0.1) is 0 Å². The van der Waals surface area contributed by atoms with Gasteiger partial charge in [-0.2, -0.15) is 0 Å². The maximum absolute atomic E-state index is 2.36. The van der Waals surface area contributed by atoms with Crippen molar-refractivity contribution >= 4 is 27.5 Å². The first-order chi connectivity index (χ1) is 13.3. The minimum Gasteiger partial charge on any atom is -0.138 e. The highest BCUT2D eigenvalue weighted by atomic mass is 32.1. The highest BCUT2D eigenvalue weighted by Gasteiger charge is 2.23. The maximum Gasteiger partial charge on any atom is 0.0430 e. The molecular formula is C26H22S. The molecule has 1 heteroatoms. The molecule has 0 spiro atoms. The van der Waals surface area contributed by atoms with Gasteiger partial charge >= 0.3 is 0 Å². The smallest absolute Gasteiger partial charge is 0.0430 e. The summed E-state index contributed by atoms with van der Waals surface area (Å²) < 4.78 is 1.42. The summed E-state index contributed by atoms with van der Waals surface area (Å²) in [5, 5.41) is 1.40. The molecule has 0 amide bonds. The van der Waals surface area contributed by atoms with E-state index in [4.69, 9.17) is 0 Å². The summed E-state index contributed by atoms with van der Waals surface area (Å²) in [6.45, 7) is 2.17. The van der Waals surface area contributed by atoms with Gasteiger partial charge in [-0.3, -0.25) is 0 Å². The Hall–Kier alpha value is -2.64. The number of hydrogen-bond acceptors (Lipinski definition) is 1. The summed E-state index contributed by atoms with van der Waals surface area (Å²) in [4.78, 5) is 1.52. The third-order valence-corrected chi connectivity index (χ3v) is 6.91.